The van der Waals surface area contributed by atoms with Crippen molar-refractivity contribution in [3.05, 3.63) is 92.4 Å². The molecule has 7 heteroatoms. The Bertz CT molecular complexity index is 1270. The normalized spacial score (nSPS) is 13.7. The van der Waals surface area contributed by atoms with Gasteiger partial charge in [-0.05, 0) is 61.9 Å². The van der Waals surface area contributed by atoms with Crippen molar-refractivity contribution in [2.75, 3.05) is 6.54 Å². The zero-order chi connectivity index (χ0) is 22.5. The van der Waals surface area contributed by atoms with Gasteiger partial charge in [0.05, 0.1) is 17.4 Å². The van der Waals surface area contributed by atoms with Gasteiger partial charge in [-0.1, -0.05) is 35.9 Å². The minimum Gasteiger partial charge on any atom is -0.354 e. The molecule has 32 heavy (non-hydrogen) atoms. The van der Waals surface area contributed by atoms with E-state index in [4.69, 9.17) is 0 Å². The maximum Gasteiger partial charge on any atom is 0.332 e. The number of benzene rings is 2. The van der Waals surface area contributed by atoms with Gasteiger partial charge in [0.1, 0.15) is 12.4 Å². The Kier molecular flexibility index (Phi) is 6.63. The van der Waals surface area contributed by atoms with E-state index in [0.29, 0.717) is 23.0 Å². The summed E-state index contributed by atoms with van der Waals surface area (Å²) in [5.74, 6) is -0.668. The van der Waals surface area contributed by atoms with Crippen molar-refractivity contribution in [3.63, 3.8) is 0 Å². The number of hydrogen-bond acceptors (Lipinski definition) is 3. The molecular formula is C25H26FN3O3. The zero-order valence-corrected chi connectivity index (χ0v) is 17.9. The quantitative estimate of drug-likeness (QED) is 0.579. The van der Waals surface area contributed by atoms with Crippen molar-refractivity contribution in [1.82, 2.24) is 14.5 Å². The lowest BCUT2D eigenvalue weighted by Gasteiger charge is -2.15. The number of nitrogens with zero attached hydrogens (tertiary/aromatic N) is 2. The lowest BCUT2D eigenvalue weighted by atomic mass is 9.97. The summed E-state index contributed by atoms with van der Waals surface area (Å²) in [6.45, 7) is 0.340. The average molecular weight is 435 g/mol. The number of allylic oxidation sites excluding steroid dienone is 1. The van der Waals surface area contributed by atoms with Crippen LogP contribution in [0.5, 0.6) is 0 Å². The highest BCUT2D eigenvalue weighted by molar-refractivity contribution is 5.81. The molecule has 0 unspecified atom stereocenters. The van der Waals surface area contributed by atoms with Crippen LogP contribution in [0.4, 0.5) is 4.39 Å². The van der Waals surface area contributed by atoms with Gasteiger partial charge >= 0.3 is 5.69 Å². The van der Waals surface area contributed by atoms with E-state index in [-0.39, 0.29) is 19.0 Å². The number of nitrogens with one attached hydrogen (secondary N) is 1. The van der Waals surface area contributed by atoms with Gasteiger partial charge in [0.15, 0.2) is 0 Å². The Morgan fingerprint density at radius 3 is 2.53 bits per heavy atom. The molecule has 1 aliphatic rings. The second-order valence-electron chi connectivity index (χ2n) is 8.11. The van der Waals surface area contributed by atoms with Crippen LogP contribution in [0.15, 0.2) is 69.8 Å². The fraction of sp³-hybridized carbons (Fsp3) is 0.320. The summed E-state index contributed by atoms with van der Waals surface area (Å²) < 4.78 is 15.7. The molecule has 4 rings (SSSR count). The molecule has 1 aliphatic carbocycles. The first-order valence-electron chi connectivity index (χ1n) is 10.9. The van der Waals surface area contributed by atoms with Crippen molar-refractivity contribution in [3.8, 4) is 0 Å². The number of aromatic nitrogens is 2. The number of amides is 1. The lowest BCUT2D eigenvalue weighted by Crippen LogP contribution is -2.43. The molecule has 0 aliphatic heterocycles. The van der Waals surface area contributed by atoms with E-state index in [9.17, 15) is 18.8 Å². The highest BCUT2D eigenvalue weighted by Crippen LogP contribution is 2.19. The summed E-state index contributed by atoms with van der Waals surface area (Å²) in [7, 11) is 0. The van der Waals surface area contributed by atoms with E-state index in [1.54, 1.807) is 24.3 Å². The first-order chi connectivity index (χ1) is 15.5. The number of carbonyl (C=O) groups is 1. The molecule has 3 aromatic rings. The van der Waals surface area contributed by atoms with E-state index < -0.39 is 17.1 Å². The van der Waals surface area contributed by atoms with Crippen LogP contribution < -0.4 is 16.6 Å². The highest BCUT2D eigenvalue weighted by atomic mass is 19.1. The number of rotatable bonds is 7. The van der Waals surface area contributed by atoms with Crippen LogP contribution in [-0.4, -0.2) is 21.6 Å². The summed E-state index contributed by atoms with van der Waals surface area (Å²) in [4.78, 5) is 38.8. The summed E-state index contributed by atoms with van der Waals surface area (Å²) >= 11 is 0. The third-order valence-corrected chi connectivity index (χ3v) is 5.84. The molecule has 0 fully saturated rings. The minimum atomic E-state index is -0.567. The Labute approximate surface area is 185 Å². The van der Waals surface area contributed by atoms with Gasteiger partial charge < -0.3 is 5.32 Å². The molecule has 1 amide bonds. The van der Waals surface area contributed by atoms with Gasteiger partial charge in [-0.15, -0.1) is 0 Å². The van der Waals surface area contributed by atoms with Crippen LogP contribution in [0.2, 0.25) is 0 Å². The molecule has 6 nitrogen and oxygen atoms in total. The zero-order valence-electron chi connectivity index (χ0n) is 17.9. The van der Waals surface area contributed by atoms with Gasteiger partial charge in [-0.3, -0.25) is 18.7 Å². The first-order valence-corrected chi connectivity index (χ1v) is 10.9. The van der Waals surface area contributed by atoms with Crippen molar-refractivity contribution in [2.24, 2.45) is 0 Å². The van der Waals surface area contributed by atoms with E-state index >= 15 is 0 Å². The molecule has 1 N–H and O–H groups in total. The molecular weight excluding hydrogens is 409 g/mol. The topological polar surface area (TPSA) is 73.1 Å². The standard InChI is InChI=1S/C25H26FN3O3/c26-20-12-10-19(11-13-20)16-29-24(31)21-8-4-5-9-22(21)28(25(29)32)17-23(30)27-15-14-18-6-2-1-3-7-18/h4-6,8-13H,1-3,7,14-17H2,(H,27,30). The molecule has 0 bridgehead atoms. The Morgan fingerprint density at radius 1 is 1.00 bits per heavy atom. The Hall–Kier alpha value is -3.48. The van der Waals surface area contributed by atoms with Crippen molar-refractivity contribution >= 4 is 16.8 Å². The van der Waals surface area contributed by atoms with Crippen LogP contribution in [0, 0.1) is 5.82 Å². The summed E-state index contributed by atoms with van der Waals surface area (Å²) in [6, 6.07) is 12.4. The fourth-order valence-corrected chi connectivity index (χ4v) is 4.13. The van der Waals surface area contributed by atoms with E-state index in [2.05, 4.69) is 11.4 Å². The maximum atomic E-state index is 13.2. The molecule has 2 aromatic carbocycles. The molecule has 166 valence electrons. The molecule has 1 aromatic heterocycles. The third kappa shape index (κ3) is 4.88. The monoisotopic (exact) mass is 435 g/mol. The maximum absolute atomic E-state index is 13.2. The number of carbonyl (C=O) groups excluding carboxylic acids is 1. The van der Waals surface area contributed by atoms with Crippen molar-refractivity contribution in [2.45, 2.75) is 45.2 Å². The minimum absolute atomic E-state index is 0.00143. The number of fused-ring (bicyclic) bond motifs is 1. The fourth-order valence-electron chi connectivity index (χ4n) is 4.13. The molecule has 0 saturated heterocycles. The van der Waals surface area contributed by atoms with Crippen LogP contribution in [0.25, 0.3) is 10.9 Å². The van der Waals surface area contributed by atoms with Crippen LogP contribution in [-0.2, 0) is 17.9 Å². The average Bonchev–Trinajstić information content (AvgIpc) is 2.81. The largest absolute Gasteiger partial charge is 0.354 e. The smallest absolute Gasteiger partial charge is 0.332 e. The van der Waals surface area contributed by atoms with E-state index in [1.165, 1.54) is 47.2 Å². The lowest BCUT2D eigenvalue weighted by molar-refractivity contribution is -0.121. The van der Waals surface area contributed by atoms with Gasteiger partial charge in [0, 0.05) is 6.54 Å². The van der Waals surface area contributed by atoms with Gasteiger partial charge in [-0.2, -0.15) is 0 Å². The van der Waals surface area contributed by atoms with E-state index in [0.717, 1.165) is 23.8 Å². The number of para-hydroxylation sites is 1. The van der Waals surface area contributed by atoms with Crippen molar-refractivity contribution in [1.29, 1.82) is 0 Å². The Morgan fingerprint density at radius 2 is 1.78 bits per heavy atom. The number of halogens is 1. The molecule has 0 atom stereocenters. The summed E-state index contributed by atoms with van der Waals surface area (Å²) in [6.07, 6.45) is 7.65. The second kappa shape index (κ2) is 9.77. The van der Waals surface area contributed by atoms with Gasteiger partial charge in [-0.25, -0.2) is 9.18 Å². The summed E-state index contributed by atoms with van der Waals surface area (Å²) in [5, 5.41) is 3.25. The third-order valence-electron chi connectivity index (χ3n) is 5.84. The van der Waals surface area contributed by atoms with E-state index in [1.807, 2.05) is 0 Å². The second-order valence-corrected chi connectivity index (χ2v) is 8.11. The molecule has 0 radical (unpaired) electrons. The molecule has 0 spiro atoms. The van der Waals surface area contributed by atoms with Crippen LogP contribution >= 0.6 is 0 Å². The summed E-state index contributed by atoms with van der Waals surface area (Å²) in [5.41, 5.74) is 1.41. The predicted molar refractivity (Wildman–Crippen MR) is 122 cm³/mol. The molecule has 0 saturated carbocycles. The first kappa shape index (κ1) is 21.7. The predicted octanol–water partition coefficient (Wildman–Crippen LogP) is 3.36. The van der Waals surface area contributed by atoms with Gasteiger partial charge in [0.2, 0.25) is 5.91 Å². The van der Waals surface area contributed by atoms with Crippen molar-refractivity contribution < 1.29 is 9.18 Å². The number of hydrogen-bond donors (Lipinski definition) is 1. The Balaban J connectivity index is 1.59. The van der Waals surface area contributed by atoms with Gasteiger partial charge in [0.25, 0.3) is 5.56 Å². The highest BCUT2D eigenvalue weighted by Gasteiger charge is 2.15. The SMILES string of the molecule is O=C(Cn1c(=O)n(Cc2ccc(F)cc2)c(=O)c2ccccc21)NCCC1=CCCCC1. The van der Waals surface area contributed by atoms with Crippen LogP contribution in [0.1, 0.15) is 37.7 Å². The van der Waals surface area contributed by atoms with Crippen LogP contribution in [0.3, 0.4) is 0 Å². The molecule has 1 heterocycles.